The molecule has 1 fully saturated rings. The van der Waals surface area contributed by atoms with Gasteiger partial charge in [-0.3, -0.25) is 14.3 Å². The van der Waals surface area contributed by atoms with Crippen LogP contribution >= 0.6 is 11.8 Å². The minimum Gasteiger partial charge on any atom is -0.497 e. The van der Waals surface area contributed by atoms with Crippen molar-refractivity contribution in [1.82, 2.24) is 25.0 Å². The first-order chi connectivity index (χ1) is 16.1. The number of carbonyl (C=O) groups is 2. The number of halogens is 1. The number of aromatic nitrogens is 3. The second-order valence-electron chi connectivity index (χ2n) is 7.06. The van der Waals surface area contributed by atoms with Crippen molar-refractivity contribution in [3.63, 3.8) is 0 Å². The lowest BCUT2D eigenvalue weighted by molar-refractivity contribution is -0.124. The Morgan fingerprint density at radius 2 is 1.85 bits per heavy atom. The number of hydrogen-bond acceptors (Lipinski definition) is 7. The van der Waals surface area contributed by atoms with Crippen LogP contribution in [0.5, 0.6) is 11.5 Å². The molecule has 1 saturated heterocycles. The van der Waals surface area contributed by atoms with E-state index in [0.717, 1.165) is 0 Å². The van der Waals surface area contributed by atoms with Crippen LogP contribution in [0.4, 0.5) is 9.18 Å². The summed E-state index contributed by atoms with van der Waals surface area (Å²) >= 11 is 1.36. The maximum Gasteiger partial charge on any atom is 0.324 e. The molecule has 4 rings (SSSR count). The lowest BCUT2D eigenvalue weighted by atomic mass is 10.3. The van der Waals surface area contributed by atoms with E-state index in [4.69, 9.17) is 9.47 Å². The third-order valence-electron chi connectivity index (χ3n) is 4.92. The Labute approximate surface area is 193 Å². The molecule has 2 heterocycles. The summed E-state index contributed by atoms with van der Waals surface area (Å²) in [6.07, 6.45) is 0.561. The first-order valence-electron chi connectivity index (χ1n) is 10.2. The van der Waals surface area contributed by atoms with E-state index in [1.54, 1.807) is 54.1 Å². The normalized spacial score (nSPS) is 13.3. The zero-order valence-corrected chi connectivity index (χ0v) is 18.7. The van der Waals surface area contributed by atoms with Crippen LogP contribution in [-0.2, 0) is 11.4 Å². The highest BCUT2D eigenvalue weighted by molar-refractivity contribution is 7.99. The summed E-state index contributed by atoms with van der Waals surface area (Å²) in [5, 5.41) is 11.4. The van der Waals surface area contributed by atoms with Crippen LogP contribution in [-0.4, -0.2) is 57.6 Å². The minimum absolute atomic E-state index is 0.0329. The van der Waals surface area contributed by atoms with Gasteiger partial charge in [-0.15, -0.1) is 10.2 Å². The molecule has 0 bridgehead atoms. The molecular weight excluding hydrogens is 449 g/mol. The molecule has 2 aromatic carbocycles. The number of urea groups is 1. The molecule has 1 aliphatic rings. The second kappa shape index (κ2) is 10.3. The molecule has 0 unspecified atom stereocenters. The van der Waals surface area contributed by atoms with Crippen molar-refractivity contribution in [2.75, 3.05) is 26.0 Å². The van der Waals surface area contributed by atoms with E-state index < -0.39 is 5.82 Å². The zero-order valence-electron chi connectivity index (χ0n) is 17.9. The molecule has 0 aliphatic carbocycles. The van der Waals surface area contributed by atoms with Gasteiger partial charge >= 0.3 is 6.03 Å². The molecule has 0 atom stereocenters. The van der Waals surface area contributed by atoms with Gasteiger partial charge in [-0.2, -0.15) is 0 Å². The average molecular weight is 472 g/mol. The monoisotopic (exact) mass is 471 g/mol. The highest BCUT2D eigenvalue weighted by Gasteiger charge is 2.27. The van der Waals surface area contributed by atoms with Gasteiger partial charge in [-0.25, -0.2) is 9.18 Å². The van der Waals surface area contributed by atoms with Gasteiger partial charge in [0, 0.05) is 12.3 Å². The quantitative estimate of drug-likeness (QED) is 0.276. The molecule has 0 spiro atoms. The molecule has 3 amide bonds. The Hall–Kier alpha value is -3.60. The lowest BCUT2D eigenvalue weighted by Crippen LogP contribution is -2.32. The summed E-state index contributed by atoms with van der Waals surface area (Å²) in [6, 6.07) is 13.1. The predicted molar refractivity (Wildman–Crippen MR) is 119 cm³/mol. The third kappa shape index (κ3) is 5.25. The average Bonchev–Trinajstić information content (AvgIpc) is 3.38. The Bertz CT molecular complexity index is 1120. The molecule has 1 N–H and O–H groups in total. The van der Waals surface area contributed by atoms with Gasteiger partial charge in [0.2, 0.25) is 5.91 Å². The number of methoxy groups -OCH3 is 1. The topological polar surface area (TPSA) is 98.6 Å². The summed E-state index contributed by atoms with van der Waals surface area (Å²) in [5.74, 6) is 1.67. The maximum atomic E-state index is 14.6. The number of rotatable bonds is 10. The van der Waals surface area contributed by atoms with Gasteiger partial charge in [0.25, 0.3) is 0 Å². The van der Waals surface area contributed by atoms with E-state index in [-0.39, 0.29) is 25.1 Å². The summed E-state index contributed by atoms with van der Waals surface area (Å²) in [5.41, 5.74) is 0.312. The van der Waals surface area contributed by atoms with Gasteiger partial charge in [0.15, 0.2) is 11.0 Å². The number of hydrogen-bond donors (Lipinski definition) is 1. The first-order valence-corrected chi connectivity index (χ1v) is 11.2. The van der Waals surface area contributed by atoms with Crippen molar-refractivity contribution >= 4 is 23.7 Å². The molecule has 11 heteroatoms. The number of ether oxygens (including phenoxy) is 2. The molecule has 0 saturated carbocycles. The number of carbonyl (C=O) groups excluding carboxylic acids is 2. The number of benzene rings is 2. The highest BCUT2D eigenvalue weighted by Crippen LogP contribution is 2.26. The first kappa shape index (κ1) is 22.6. The fraction of sp³-hybridized carbons (Fsp3) is 0.273. The SMILES string of the molecule is COc1ccc(OCc2nnc(SCCCN3C(=O)CNC3=O)n2-c2ccccc2F)cc1. The third-order valence-corrected chi connectivity index (χ3v) is 5.93. The van der Waals surface area contributed by atoms with Crippen LogP contribution < -0.4 is 14.8 Å². The Morgan fingerprint density at radius 3 is 2.55 bits per heavy atom. The van der Waals surface area contributed by atoms with Gasteiger partial charge in [-0.1, -0.05) is 23.9 Å². The second-order valence-corrected chi connectivity index (χ2v) is 8.12. The molecule has 9 nitrogen and oxygen atoms in total. The van der Waals surface area contributed by atoms with Crippen molar-refractivity contribution in [2.45, 2.75) is 18.2 Å². The van der Waals surface area contributed by atoms with Gasteiger partial charge < -0.3 is 14.8 Å². The van der Waals surface area contributed by atoms with Crippen LogP contribution in [0.1, 0.15) is 12.2 Å². The van der Waals surface area contributed by atoms with Crippen molar-refractivity contribution in [3.05, 3.63) is 60.2 Å². The molecule has 3 aromatic rings. The number of imide groups is 1. The summed E-state index contributed by atoms with van der Waals surface area (Å²) < 4.78 is 27.2. The largest absolute Gasteiger partial charge is 0.497 e. The standard InChI is InChI=1S/C22H22FN5O4S/c1-31-15-7-9-16(10-8-15)32-14-19-25-26-22(28(19)18-6-3-2-5-17(18)23)33-12-4-11-27-20(29)13-24-21(27)30/h2-3,5-10H,4,11-14H2,1H3,(H,24,30). The van der Waals surface area contributed by atoms with E-state index >= 15 is 0 Å². The Morgan fingerprint density at radius 1 is 1.09 bits per heavy atom. The smallest absolute Gasteiger partial charge is 0.324 e. The van der Waals surface area contributed by atoms with Gasteiger partial charge in [0.1, 0.15) is 23.9 Å². The molecule has 0 radical (unpaired) electrons. The van der Waals surface area contributed by atoms with E-state index in [9.17, 15) is 14.0 Å². The number of nitrogens with one attached hydrogen (secondary N) is 1. The molecule has 33 heavy (non-hydrogen) atoms. The van der Waals surface area contributed by atoms with E-state index in [1.165, 1.54) is 22.7 Å². The van der Waals surface area contributed by atoms with E-state index in [1.807, 2.05) is 0 Å². The van der Waals surface area contributed by atoms with Crippen LogP contribution in [0.3, 0.4) is 0 Å². The summed E-state index contributed by atoms with van der Waals surface area (Å²) in [4.78, 5) is 24.5. The number of para-hydroxylation sites is 1. The van der Waals surface area contributed by atoms with Crippen molar-refractivity contribution in [2.24, 2.45) is 0 Å². The predicted octanol–water partition coefficient (Wildman–Crippen LogP) is 3.03. The van der Waals surface area contributed by atoms with Crippen LogP contribution in [0.2, 0.25) is 0 Å². The van der Waals surface area contributed by atoms with Crippen LogP contribution in [0.25, 0.3) is 5.69 Å². The maximum absolute atomic E-state index is 14.6. The van der Waals surface area contributed by atoms with Gasteiger partial charge in [-0.05, 0) is 42.8 Å². The Kier molecular flexibility index (Phi) is 7.08. The number of thioether (sulfide) groups is 1. The summed E-state index contributed by atoms with van der Waals surface area (Å²) in [6.45, 7) is 0.417. The molecule has 1 aliphatic heterocycles. The molecule has 1 aromatic heterocycles. The lowest BCUT2D eigenvalue weighted by Gasteiger charge is -2.13. The zero-order chi connectivity index (χ0) is 23.2. The molecular formula is C22H22FN5O4S. The van der Waals surface area contributed by atoms with E-state index in [0.29, 0.717) is 46.9 Å². The fourth-order valence-corrected chi connectivity index (χ4v) is 4.14. The number of nitrogens with zero attached hydrogens (tertiary/aromatic N) is 4. The van der Waals surface area contributed by atoms with Crippen molar-refractivity contribution in [1.29, 1.82) is 0 Å². The Balaban J connectivity index is 1.47. The minimum atomic E-state index is -0.413. The van der Waals surface area contributed by atoms with E-state index in [2.05, 4.69) is 15.5 Å². The highest BCUT2D eigenvalue weighted by atomic mass is 32.2. The van der Waals surface area contributed by atoms with Crippen LogP contribution in [0.15, 0.2) is 53.7 Å². The van der Waals surface area contributed by atoms with Gasteiger partial charge in [0.05, 0.1) is 19.3 Å². The van der Waals surface area contributed by atoms with Crippen molar-refractivity contribution < 1.29 is 23.5 Å². The van der Waals surface area contributed by atoms with Crippen molar-refractivity contribution in [3.8, 4) is 17.2 Å². The number of amides is 3. The fourth-order valence-electron chi connectivity index (χ4n) is 3.25. The van der Waals surface area contributed by atoms with Crippen LogP contribution in [0, 0.1) is 5.82 Å². The summed E-state index contributed by atoms with van der Waals surface area (Å²) in [7, 11) is 1.59. The molecule has 172 valence electrons.